The minimum Gasteiger partial charge on any atom is -0.340 e. The fourth-order valence-corrected chi connectivity index (χ4v) is 2.70. The van der Waals surface area contributed by atoms with E-state index in [4.69, 9.17) is 0 Å². The number of Topliss-reactive ketones (excluding diaryl/α,β-unsaturated/α-hetero) is 1. The first kappa shape index (κ1) is 15.9. The third-order valence-electron chi connectivity index (χ3n) is 3.85. The number of carbonyl (C=O) groups is 1. The van der Waals surface area contributed by atoms with Crippen molar-refractivity contribution in [1.29, 1.82) is 5.26 Å². The largest absolute Gasteiger partial charge is 0.340 e. The van der Waals surface area contributed by atoms with Crippen molar-refractivity contribution in [3.05, 3.63) is 66.0 Å². The molecule has 1 heterocycles. The molecule has 1 N–H and O–H groups in total. The van der Waals surface area contributed by atoms with E-state index in [0.717, 1.165) is 16.6 Å². The SMILES string of the molecule is CN(CC(=O)C(C#N)c1nc2ccccc2[nH]1)Cc1ccccc1. The molecule has 5 nitrogen and oxygen atoms in total. The van der Waals surface area contributed by atoms with Gasteiger partial charge in [0.05, 0.1) is 23.6 Å². The number of nitrogens with one attached hydrogen (secondary N) is 1. The highest BCUT2D eigenvalue weighted by Gasteiger charge is 2.24. The third kappa shape index (κ3) is 3.50. The number of nitriles is 1. The number of para-hydroxylation sites is 2. The van der Waals surface area contributed by atoms with Crippen LogP contribution in [-0.4, -0.2) is 34.2 Å². The van der Waals surface area contributed by atoms with Crippen molar-refractivity contribution >= 4 is 16.8 Å². The molecule has 0 spiro atoms. The van der Waals surface area contributed by atoms with Crippen molar-refractivity contribution < 1.29 is 4.79 Å². The summed E-state index contributed by atoms with van der Waals surface area (Å²) < 4.78 is 0. The molecular weight excluding hydrogens is 300 g/mol. The van der Waals surface area contributed by atoms with Gasteiger partial charge in [-0.1, -0.05) is 42.5 Å². The van der Waals surface area contributed by atoms with Gasteiger partial charge in [-0.2, -0.15) is 5.26 Å². The van der Waals surface area contributed by atoms with Gasteiger partial charge in [0.15, 0.2) is 11.7 Å². The van der Waals surface area contributed by atoms with Crippen LogP contribution in [0.15, 0.2) is 54.6 Å². The predicted octanol–water partition coefficient (Wildman–Crippen LogP) is 2.87. The molecule has 120 valence electrons. The topological polar surface area (TPSA) is 72.8 Å². The van der Waals surface area contributed by atoms with E-state index < -0.39 is 5.92 Å². The first-order valence-electron chi connectivity index (χ1n) is 7.77. The van der Waals surface area contributed by atoms with Crippen LogP contribution < -0.4 is 0 Å². The maximum atomic E-state index is 12.5. The highest BCUT2D eigenvalue weighted by molar-refractivity contribution is 5.90. The lowest BCUT2D eigenvalue weighted by Gasteiger charge is -2.17. The molecule has 1 atom stereocenters. The number of ketones is 1. The van der Waals surface area contributed by atoms with E-state index in [9.17, 15) is 10.1 Å². The molecule has 5 heteroatoms. The minimum atomic E-state index is -0.879. The number of nitrogens with zero attached hydrogens (tertiary/aromatic N) is 3. The average Bonchev–Trinajstić information content (AvgIpc) is 2.99. The van der Waals surface area contributed by atoms with Gasteiger partial charge >= 0.3 is 0 Å². The molecule has 0 saturated heterocycles. The summed E-state index contributed by atoms with van der Waals surface area (Å²) in [6.45, 7) is 0.856. The van der Waals surface area contributed by atoms with E-state index in [1.807, 2.05) is 66.5 Å². The van der Waals surface area contributed by atoms with Gasteiger partial charge in [-0.15, -0.1) is 0 Å². The average molecular weight is 318 g/mol. The van der Waals surface area contributed by atoms with E-state index in [1.54, 1.807) is 0 Å². The molecular formula is C19H18N4O. The van der Waals surface area contributed by atoms with Crippen molar-refractivity contribution in [2.24, 2.45) is 0 Å². The van der Waals surface area contributed by atoms with Crippen molar-refractivity contribution in [3.8, 4) is 6.07 Å². The summed E-state index contributed by atoms with van der Waals surface area (Å²) in [7, 11) is 1.87. The lowest BCUT2D eigenvalue weighted by molar-refractivity contribution is -0.120. The van der Waals surface area contributed by atoms with E-state index in [1.165, 1.54) is 0 Å². The number of hydrogen-bond acceptors (Lipinski definition) is 4. The van der Waals surface area contributed by atoms with E-state index in [2.05, 4.69) is 16.0 Å². The van der Waals surface area contributed by atoms with Crippen molar-refractivity contribution in [3.63, 3.8) is 0 Å². The molecule has 0 fully saturated rings. The Kier molecular flexibility index (Phi) is 4.69. The van der Waals surface area contributed by atoms with Crippen LogP contribution in [0.5, 0.6) is 0 Å². The summed E-state index contributed by atoms with van der Waals surface area (Å²) in [5.74, 6) is -0.623. The first-order chi connectivity index (χ1) is 11.7. The van der Waals surface area contributed by atoms with E-state index >= 15 is 0 Å². The Morgan fingerprint density at radius 3 is 2.62 bits per heavy atom. The Hall–Kier alpha value is -2.97. The van der Waals surface area contributed by atoms with Crippen LogP contribution in [0.25, 0.3) is 11.0 Å². The molecule has 0 radical (unpaired) electrons. The Morgan fingerprint density at radius 1 is 1.21 bits per heavy atom. The molecule has 3 aromatic rings. The number of likely N-dealkylation sites (N-methyl/N-ethyl adjacent to an activating group) is 1. The maximum absolute atomic E-state index is 12.5. The second-order valence-corrected chi connectivity index (χ2v) is 5.83. The minimum absolute atomic E-state index is 0.157. The fourth-order valence-electron chi connectivity index (χ4n) is 2.70. The van der Waals surface area contributed by atoms with Crippen LogP contribution >= 0.6 is 0 Å². The van der Waals surface area contributed by atoms with Crippen LogP contribution in [0.3, 0.4) is 0 Å². The summed E-state index contributed by atoms with van der Waals surface area (Å²) in [6, 6.07) is 19.5. The summed E-state index contributed by atoms with van der Waals surface area (Å²) in [6.07, 6.45) is 0. The molecule has 1 aromatic heterocycles. The molecule has 0 saturated carbocycles. The third-order valence-corrected chi connectivity index (χ3v) is 3.85. The van der Waals surface area contributed by atoms with Crippen LogP contribution in [0.1, 0.15) is 17.3 Å². The summed E-state index contributed by atoms with van der Waals surface area (Å²) in [4.78, 5) is 21.9. The van der Waals surface area contributed by atoms with Crippen molar-refractivity contribution in [2.75, 3.05) is 13.6 Å². The second-order valence-electron chi connectivity index (χ2n) is 5.83. The lowest BCUT2D eigenvalue weighted by atomic mass is 10.0. The molecule has 0 aliphatic carbocycles. The maximum Gasteiger partial charge on any atom is 0.171 e. The quantitative estimate of drug-likeness (QED) is 0.758. The number of carbonyl (C=O) groups excluding carboxylic acids is 1. The predicted molar refractivity (Wildman–Crippen MR) is 92.2 cm³/mol. The van der Waals surface area contributed by atoms with Gasteiger partial charge in [-0.3, -0.25) is 9.69 Å². The van der Waals surface area contributed by atoms with Gasteiger partial charge in [0, 0.05) is 6.54 Å². The van der Waals surface area contributed by atoms with Crippen LogP contribution in [0.2, 0.25) is 0 Å². The van der Waals surface area contributed by atoms with Gasteiger partial charge < -0.3 is 4.98 Å². The molecule has 0 amide bonds. The molecule has 0 bridgehead atoms. The van der Waals surface area contributed by atoms with Gasteiger partial charge in [0.25, 0.3) is 0 Å². The number of fused-ring (bicyclic) bond motifs is 1. The Bertz CT molecular complexity index is 846. The van der Waals surface area contributed by atoms with E-state index in [-0.39, 0.29) is 12.3 Å². The van der Waals surface area contributed by atoms with Crippen LogP contribution in [0.4, 0.5) is 0 Å². The smallest absolute Gasteiger partial charge is 0.171 e. The Balaban J connectivity index is 1.71. The number of aromatic nitrogens is 2. The highest BCUT2D eigenvalue weighted by Crippen LogP contribution is 2.18. The number of imidazole rings is 1. The van der Waals surface area contributed by atoms with Gasteiger partial charge in [-0.25, -0.2) is 4.98 Å². The zero-order valence-electron chi connectivity index (χ0n) is 13.4. The number of H-pyrrole nitrogens is 1. The molecule has 0 aliphatic heterocycles. The molecule has 2 aromatic carbocycles. The monoisotopic (exact) mass is 318 g/mol. The van der Waals surface area contributed by atoms with Crippen LogP contribution in [-0.2, 0) is 11.3 Å². The summed E-state index contributed by atoms with van der Waals surface area (Å²) >= 11 is 0. The normalized spacial score (nSPS) is 12.2. The first-order valence-corrected chi connectivity index (χ1v) is 7.77. The number of rotatable bonds is 6. The van der Waals surface area contributed by atoms with E-state index in [0.29, 0.717) is 12.4 Å². The second kappa shape index (κ2) is 7.07. The lowest BCUT2D eigenvalue weighted by Crippen LogP contribution is -2.29. The standard InChI is InChI=1S/C19H18N4O/c1-23(12-14-7-3-2-4-8-14)13-18(24)15(11-20)19-21-16-9-5-6-10-17(16)22-19/h2-10,15H,12-13H2,1H3,(H,21,22). The van der Waals surface area contributed by atoms with Gasteiger partial charge in [0.1, 0.15) is 5.82 Å². The zero-order chi connectivity index (χ0) is 16.9. The number of aromatic amines is 1. The fraction of sp³-hybridized carbons (Fsp3) is 0.211. The van der Waals surface area contributed by atoms with Crippen molar-refractivity contribution in [2.45, 2.75) is 12.5 Å². The highest BCUT2D eigenvalue weighted by atomic mass is 16.1. The summed E-state index contributed by atoms with van der Waals surface area (Å²) in [5, 5.41) is 9.43. The Morgan fingerprint density at radius 2 is 1.92 bits per heavy atom. The van der Waals surface area contributed by atoms with Crippen LogP contribution in [0, 0.1) is 11.3 Å². The molecule has 24 heavy (non-hydrogen) atoms. The number of benzene rings is 2. The van der Waals surface area contributed by atoms with Gasteiger partial charge in [-0.05, 0) is 24.7 Å². The molecule has 3 rings (SSSR count). The molecule has 0 aliphatic rings. The Labute approximate surface area is 140 Å². The van der Waals surface area contributed by atoms with Gasteiger partial charge in [0.2, 0.25) is 0 Å². The zero-order valence-corrected chi connectivity index (χ0v) is 13.4. The molecule has 1 unspecified atom stereocenters. The van der Waals surface area contributed by atoms with Crippen molar-refractivity contribution in [1.82, 2.24) is 14.9 Å². The number of hydrogen-bond donors (Lipinski definition) is 1. The summed E-state index contributed by atoms with van der Waals surface area (Å²) in [5.41, 5.74) is 2.72.